The van der Waals surface area contributed by atoms with Crippen LogP contribution < -0.4 is 10.6 Å². The van der Waals surface area contributed by atoms with Gasteiger partial charge in [-0.15, -0.1) is 0 Å². The molecule has 0 spiro atoms. The standard InChI is InChI=1S/C32H42N6O/c1-19(2)27(33-8)29-34-17-25(36-29)23-13-9-21(10-14-23)22-11-15-24(16-12-22)26-18-35-30(37-26)28(20(3)4)38-31(39)32(5,6)7/h9-20,27-28,33H,1-8H3,(H,34,36)(H,35,37)(H,38,39)/t27-,28?/m0/s1. The van der Waals surface area contributed by atoms with E-state index in [0.717, 1.165) is 45.3 Å². The number of rotatable bonds is 9. The molecule has 4 aromatic rings. The normalized spacial score (nSPS) is 13.6. The molecule has 39 heavy (non-hydrogen) atoms. The second-order valence-electron chi connectivity index (χ2n) is 12.0. The van der Waals surface area contributed by atoms with Crippen LogP contribution in [0.25, 0.3) is 33.6 Å². The van der Waals surface area contributed by atoms with Gasteiger partial charge in [-0.25, -0.2) is 9.97 Å². The molecule has 1 unspecified atom stereocenters. The monoisotopic (exact) mass is 526 g/mol. The number of benzene rings is 2. The molecule has 2 heterocycles. The van der Waals surface area contributed by atoms with Crippen LogP contribution in [0, 0.1) is 17.3 Å². The summed E-state index contributed by atoms with van der Waals surface area (Å²) in [6.45, 7) is 14.3. The van der Waals surface area contributed by atoms with E-state index in [1.165, 1.54) is 0 Å². The Hall–Kier alpha value is -3.71. The topological polar surface area (TPSA) is 98.5 Å². The highest BCUT2D eigenvalue weighted by Crippen LogP contribution is 2.29. The minimum atomic E-state index is -0.457. The Balaban J connectivity index is 1.48. The average Bonchev–Trinajstić information content (AvgIpc) is 3.57. The van der Waals surface area contributed by atoms with E-state index in [1.807, 2.05) is 40.2 Å². The van der Waals surface area contributed by atoms with Gasteiger partial charge in [-0.1, -0.05) is 97.0 Å². The zero-order valence-corrected chi connectivity index (χ0v) is 24.4. The third kappa shape index (κ3) is 6.48. The molecule has 2 aromatic heterocycles. The third-order valence-corrected chi connectivity index (χ3v) is 7.12. The van der Waals surface area contributed by atoms with E-state index >= 15 is 0 Å². The van der Waals surface area contributed by atoms with Gasteiger partial charge in [0.1, 0.15) is 11.6 Å². The van der Waals surface area contributed by atoms with Gasteiger partial charge in [-0.3, -0.25) is 4.79 Å². The molecular weight excluding hydrogens is 484 g/mol. The second kappa shape index (κ2) is 11.6. The highest BCUT2D eigenvalue weighted by atomic mass is 16.2. The van der Waals surface area contributed by atoms with Gasteiger partial charge in [0.05, 0.1) is 35.9 Å². The van der Waals surface area contributed by atoms with Crippen molar-refractivity contribution < 1.29 is 4.79 Å². The van der Waals surface area contributed by atoms with Crippen LogP contribution in [0.5, 0.6) is 0 Å². The number of H-pyrrole nitrogens is 2. The maximum atomic E-state index is 12.6. The molecule has 0 fully saturated rings. The smallest absolute Gasteiger partial charge is 0.225 e. The maximum absolute atomic E-state index is 12.6. The fraction of sp³-hybridized carbons (Fsp3) is 0.406. The lowest BCUT2D eigenvalue weighted by atomic mass is 9.94. The molecule has 206 valence electrons. The van der Waals surface area contributed by atoms with Crippen LogP contribution in [0.3, 0.4) is 0 Å². The van der Waals surface area contributed by atoms with Crippen LogP contribution in [0.2, 0.25) is 0 Å². The Morgan fingerprint density at radius 2 is 1.08 bits per heavy atom. The summed E-state index contributed by atoms with van der Waals surface area (Å²) in [7, 11) is 1.97. The molecule has 4 N–H and O–H groups in total. The number of nitrogens with zero attached hydrogens (tertiary/aromatic N) is 2. The zero-order valence-electron chi connectivity index (χ0n) is 24.4. The highest BCUT2D eigenvalue weighted by Gasteiger charge is 2.28. The van der Waals surface area contributed by atoms with E-state index in [1.54, 1.807) is 0 Å². The van der Waals surface area contributed by atoms with Gasteiger partial charge in [0, 0.05) is 5.41 Å². The van der Waals surface area contributed by atoms with Crippen LogP contribution >= 0.6 is 0 Å². The molecule has 0 saturated heterocycles. The van der Waals surface area contributed by atoms with E-state index in [9.17, 15) is 4.79 Å². The molecule has 0 saturated carbocycles. The van der Waals surface area contributed by atoms with Crippen LogP contribution in [0.15, 0.2) is 60.9 Å². The Kier molecular flexibility index (Phi) is 8.40. The quantitative estimate of drug-likeness (QED) is 0.190. The number of carbonyl (C=O) groups is 1. The lowest BCUT2D eigenvalue weighted by Crippen LogP contribution is -2.39. The van der Waals surface area contributed by atoms with Crippen LogP contribution in [0.4, 0.5) is 0 Å². The maximum Gasteiger partial charge on any atom is 0.225 e. The average molecular weight is 527 g/mol. The molecule has 0 aliphatic rings. The molecular formula is C32H42N6O. The predicted molar refractivity (Wildman–Crippen MR) is 159 cm³/mol. The Morgan fingerprint density at radius 3 is 1.44 bits per heavy atom. The van der Waals surface area contributed by atoms with Gasteiger partial charge < -0.3 is 20.6 Å². The summed E-state index contributed by atoms with van der Waals surface area (Å²) in [5, 5.41) is 6.49. The molecule has 7 nitrogen and oxygen atoms in total. The lowest BCUT2D eigenvalue weighted by Gasteiger charge is -2.25. The van der Waals surface area contributed by atoms with Crippen molar-refractivity contribution in [1.82, 2.24) is 30.6 Å². The van der Waals surface area contributed by atoms with Gasteiger partial charge in [-0.2, -0.15) is 0 Å². The summed E-state index contributed by atoms with van der Waals surface area (Å²) in [6.07, 6.45) is 3.75. The van der Waals surface area contributed by atoms with Crippen LogP contribution in [0.1, 0.15) is 72.2 Å². The summed E-state index contributed by atoms with van der Waals surface area (Å²) in [6, 6.07) is 17.0. The molecule has 1 amide bonds. The predicted octanol–water partition coefficient (Wildman–Crippen LogP) is 6.91. The highest BCUT2D eigenvalue weighted by molar-refractivity contribution is 5.81. The number of nitrogens with one attached hydrogen (secondary N) is 4. The first-order valence-corrected chi connectivity index (χ1v) is 13.8. The molecule has 0 aliphatic carbocycles. The van der Waals surface area contributed by atoms with E-state index in [-0.39, 0.29) is 23.9 Å². The molecule has 4 rings (SSSR count). The van der Waals surface area contributed by atoms with Gasteiger partial charge >= 0.3 is 0 Å². The van der Waals surface area contributed by atoms with Crippen molar-refractivity contribution in [3.05, 3.63) is 72.6 Å². The van der Waals surface area contributed by atoms with Crippen LogP contribution in [-0.4, -0.2) is 32.9 Å². The van der Waals surface area contributed by atoms with Gasteiger partial charge in [0.15, 0.2) is 0 Å². The number of carbonyl (C=O) groups excluding carboxylic acids is 1. The molecule has 2 atom stereocenters. The van der Waals surface area contributed by atoms with Gasteiger partial charge in [0.2, 0.25) is 5.91 Å². The lowest BCUT2D eigenvalue weighted by molar-refractivity contribution is -0.129. The summed E-state index contributed by atoms with van der Waals surface area (Å²) in [4.78, 5) is 28.7. The summed E-state index contributed by atoms with van der Waals surface area (Å²) < 4.78 is 0. The first-order valence-electron chi connectivity index (χ1n) is 13.8. The SMILES string of the molecule is CN[C@H](c1ncc(-c2ccc(-c3ccc(-c4cnc(C(NC(=O)C(C)(C)C)C(C)C)[nH]4)cc3)cc2)[nH]1)C(C)C. The van der Waals surface area contributed by atoms with Crippen molar-refractivity contribution in [2.24, 2.45) is 17.3 Å². The van der Waals surface area contributed by atoms with Crippen molar-refractivity contribution in [2.75, 3.05) is 7.05 Å². The van der Waals surface area contributed by atoms with Crippen molar-refractivity contribution in [2.45, 2.75) is 60.5 Å². The van der Waals surface area contributed by atoms with E-state index in [0.29, 0.717) is 5.92 Å². The van der Waals surface area contributed by atoms with Crippen molar-refractivity contribution in [1.29, 1.82) is 0 Å². The molecule has 7 heteroatoms. The summed E-state index contributed by atoms with van der Waals surface area (Å²) in [5.41, 5.74) is 5.93. The van der Waals surface area contributed by atoms with E-state index in [2.05, 4.69) is 107 Å². The number of aromatic amines is 2. The van der Waals surface area contributed by atoms with E-state index in [4.69, 9.17) is 0 Å². The molecule has 0 aliphatic heterocycles. The first kappa shape index (κ1) is 28.3. The third-order valence-electron chi connectivity index (χ3n) is 7.12. The summed E-state index contributed by atoms with van der Waals surface area (Å²) >= 11 is 0. The van der Waals surface area contributed by atoms with E-state index < -0.39 is 5.41 Å². The molecule has 2 aromatic carbocycles. The van der Waals surface area contributed by atoms with Gasteiger partial charge in [0.25, 0.3) is 0 Å². The Morgan fingerprint density at radius 1 is 0.692 bits per heavy atom. The fourth-order valence-electron chi connectivity index (χ4n) is 4.66. The minimum absolute atomic E-state index is 0.0141. The molecule has 0 bridgehead atoms. The second-order valence-corrected chi connectivity index (χ2v) is 12.0. The zero-order chi connectivity index (χ0) is 28.3. The number of aromatic nitrogens is 4. The van der Waals surface area contributed by atoms with Crippen molar-refractivity contribution >= 4 is 5.91 Å². The number of hydrogen-bond acceptors (Lipinski definition) is 4. The Labute approximate surface area is 232 Å². The van der Waals surface area contributed by atoms with Gasteiger partial charge in [-0.05, 0) is 41.1 Å². The number of hydrogen-bond donors (Lipinski definition) is 4. The fourth-order valence-corrected chi connectivity index (χ4v) is 4.66. The van der Waals surface area contributed by atoms with Crippen molar-refractivity contribution in [3.8, 4) is 33.6 Å². The number of imidazole rings is 2. The summed E-state index contributed by atoms with van der Waals surface area (Å²) in [5.74, 6) is 2.39. The molecule has 0 radical (unpaired) electrons. The van der Waals surface area contributed by atoms with Crippen LogP contribution in [-0.2, 0) is 4.79 Å². The minimum Gasteiger partial charge on any atom is -0.345 e. The number of amides is 1. The first-order chi connectivity index (χ1) is 18.5. The van der Waals surface area contributed by atoms with Crippen molar-refractivity contribution in [3.63, 3.8) is 0 Å². The Bertz CT molecular complexity index is 1370. The largest absolute Gasteiger partial charge is 0.345 e.